The number of alkyl halides is 7. The molecule has 0 bridgehead atoms. The van der Waals surface area contributed by atoms with Crippen LogP contribution in [0.5, 0.6) is 0 Å². The maximum Gasteiger partial charge on any atom is 0.435 e. The van der Waals surface area contributed by atoms with Crippen LogP contribution in [0.15, 0.2) is 42.7 Å². The summed E-state index contributed by atoms with van der Waals surface area (Å²) in [5, 5.41) is 0.835. The van der Waals surface area contributed by atoms with E-state index >= 15 is 0 Å². The van der Waals surface area contributed by atoms with Crippen LogP contribution >= 0.6 is 0 Å². The molecule has 0 spiro atoms. The van der Waals surface area contributed by atoms with Crippen LogP contribution in [-0.2, 0) is 23.6 Å². The second kappa shape index (κ2) is 8.04. The zero-order valence-corrected chi connectivity index (χ0v) is 16.3. The highest BCUT2D eigenvalue weighted by Crippen LogP contribution is 2.53. The number of amides is 3. The molecule has 13 heteroatoms. The van der Waals surface area contributed by atoms with Crippen LogP contribution in [0.25, 0.3) is 0 Å². The molecule has 1 aromatic carbocycles. The van der Waals surface area contributed by atoms with E-state index in [1.807, 2.05) is 0 Å². The van der Waals surface area contributed by atoms with E-state index in [0.29, 0.717) is 22.6 Å². The molecule has 0 unspecified atom stereocenters. The summed E-state index contributed by atoms with van der Waals surface area (Å²) in [6.45, 7) is 0.488. The molecule has 0 atom stereocenters. The fraction of sp³-hybridized carbons (Fsp3) is 0.316. The minimum Gasteiger partial charge on any atom is -0.274 e. The van der Waals surface area contributed by atoms with E-state index in [4.69, 9.17) is 0 Å². The summed E-state index contributed by atoms with van der Waals surface area (Å²) in [5.74, 6) is -0.838. The highest BCUT2D eigenvalue weighted by Gasteiger charge is 2.73. The van der Waals surface area contributed by atoms with Crippen molar-refractivity contribution in [3.63, 3.8) is 0 Å². The Balaban J connectivity index is 2.02. The Morgan fingerprint density at radius 2 is 1.75 bits per heavy atom. The number of fused-ring (bicyclic) bond motifs is 1. The third-order valence-electron chi connectivity index (χ3n) is 4.76. The average Bonchev–Trinajstić information content (AvgIpc) is 2.70. The molecule has 1 aromatic heterocycles. The standard InChI is InChI=1S/C19H15F7N4O2/c1-11(31)30-15-5-4-14(17(20,18(21,22)23)19(24,25)26)7-13(15)10-29(16(30)32)28-9-12-3-2-6-27-8-12/h2-8,28H,9-10H2,1H3. The number of hydrazine groups is 1. The quantitative estimate of drug-likeness (QED) is 0.683. The zero-order valence-electron chi connectivity index (χ0n) is 16.3. The van der Waals surface area contributed by atoms with Crippen molar-refractivity contribution >= 4 is 17.6 Å². The molecule has 0 saturated heterocycles. The lowest BCUT2D eigenvalue weighted by atomic mass is 9.91. The van der Waals surface area contributed by atoms with E-state index in [-0.39, 0.29) is 23.9 Å². The predicted molar refractivity (Wildman–Crippen MR) is 96.5 cm³/mol. The van der Waals surface area contributed by atoms with E-state index in [1.54, 1.807) is 12.1 Å². The van der Waals surface area contributed by atoms with Gasteiger partial charge in [0.2, 0.25) is 5.91 Å². The molecule has 0 radical (unpaired) electrons. The molecule has 1 aliphatic heterocycles. The van der Waals surface area contributed by atoms with E-state index in [9.17, 15) is 40.3 Å². The van der Waals surface area contributed by atoms with E-state index in [2.05, 4.69) is 10.4 Å². The number of halogens is 7. The van der Waals surface area contributed by atoms with Crippen LogP contribution in [0, 0.1) is 0 Å². The SMILES string of the molecule is CC(=O)N1C(=O)N(NCc2cccnc2)Cc2cc(C(F)(C(F)(F)F)C(F)(F)F)ccc21. The van der Waals surface area contributed by atoms with Gasteiger partial charge in [0.25, 0.3) is 0 Å². The third-order valence-corrected chi connectivity index (χ3v) is 4.76. The minimum atomic E-state index is -6.29. The fourth-order valence-corrected chi connectivity index (χ4v) is 3.21. The van der Waals surface area contributed by atoms with Crippen LogP contribution in [-0.4, -0.2) is 34.3 Å². The van der Waals surface area contributed by atoms with Crippen LogP contribution in [0.4, 0.5) is 41.2 Å². The number of rotatable bonds is 4. The van der Waals surface area contributed by atoms with Crippen molar-refractivity contribution < 1.29 is 40.3 Å². The lowest BCUT2D eigenvalue weighted by Gasteiger charge is -2.37. The number of carbonyl (C=O) groups is 2. The molecule has 2 aromatic rings. The van der Waals surface area contributed by atoms with Crippen LogP contribution < -0.4 is 10.3 Å². The number of urea groups is 1. The lowest BCUT2D eigenvalue weighted by molar-refractivity contribution is -0.348. The first-order valence-electron chi connectivity index (χ1n) is 8.97. The Morgan fingerprint density at radius 1 is 1.09 bits per heavy atom. The summed E-state index contributed by atoms with van der Waals surface area (Å²) >= 11 is 0. The Kier molecular flexibility index (Phi) is 5.89. The van der Waals surface area contributed by atoms with E-state index in [0.717, 1.165) is 11.9 Å². The minimum absolute atomic E-state index is 0.0124. The molecule has 0 aliphatic carbocycles. The fourth-order valence-electron chi connectivity index (χ4n) is 3.21. The molecular formula is C19H15F7N4O2. The maximum absolute atomic E-state index is 14.5. The summed E-state index contributed by atoms with van der Waals surface area (Å²) in [5.41, 5.74) is -4.62. The molecule has 32 heavy (non-hydrogen) atoms. The molecule has 0 saturated carbocycles. The molecule has 1 N–H and O–H groups in total. The Labute approximate surface area is 176 Å². The van der Waals surface area contributed by atoms with Gasteiger partial charge in [-0.1, -0.05) is 12.1 Å². The molecule has 3 amide bonds. The zero-order chi connectivity index (χ0) is 23.9. The number of hydrogen-bond acceptors (Lipinski definition) is 4. The van der Waals surface area contributed by atoms with Crippen LogP contribution in [0.2, 0.25) is 0 Å². The number of benzene rings is 1. The third kappa shape index (κ3) is 3.99. The van der Waals surface area contributed by atoms with Crippen molar-refractivity contribution in [2.45, 2.75) is 38.0 Å². The maximum atomic E-state index is 14.5. The number of aromatic nitrogens is 1. The molecule has 2 heterocycles. The van der Waals surface area contributed by atoms with Gasteiger partial charge in [-0.3, -0.25) is 14.8 Å². The first-order valence-corrected chi connectivity index (χ1v) is 8.97. The topological polar surface area (TPSA) is 65.5 Å². The largest absolute Gasteiger partial charge is 0.435 e. The molecule has 0 fully saturated rings. The Hall–Kier alpha value is -3.22. The van der Waals surface area contributed by atoms with Gasteiger partial charge in [0.05, 0.1) is 12.2 Å². The van der Waals surface area contributed by atoms with Crippen molar-refractivity contribution in [1.29, 1.82) is 0 Å². The Morgan fingerprint density at radius 3 is 2.28 bits per heavy atom. The van der Waals surface area contributed by atoms with Crippen molar-refractivity contribution in [3.05, 3.63) is 59.4 Å². The van der Waals surface area contributed by atoms with E-state index < -0.39 is 42.1 Å². The molecule has 6 nitrogen and oxygen atoms in total. The number of nitrogens with one attached hydrogen (secondary N) is 1. The van der Waals surface area contributed by atoms with Crippen molar-refractivity contribution in [2.24, 2.45) is 0 Å². The van der Waals surface area contributed by atoms with Crippen LogP contribution in [0.3, 0.4) is 0 Å². The van der Waals surface area contributed by atoms with Gasteiger partial charge in [-0.2, -0.15) is 26.3 Å². The summed E-state index contributed by atoms with van der Waals surface area (Å²) < 4.78 is 93.2. The first kappa shape index (κ1) is 23.4. The number of nitrogens with zero attached hydrogens (tertiary/aromatic N) is 3. The lowest BCUT2D eigenvalue weighted by Crippen LogP contribution is -2.54. The smallest absolute Gasteiger partial charge is 0.274 e. The van der Waals surface area contributed by atoms with Gasteiger partial charge in [0, 0.05) is 31.4 Å². The molecular weight excluding hydrogens is 449 g/mol. The monoisotopic (exact) mass is 464 g/mol. The normalized spacial score (nSPS) is 15.1. The van der Waals surface area contributed by atoms with Crippen molar-refractivity contribution in [1.82, 2.24) is 15.4 Å². The van der Waals surface area contributed by atoms with Gasteiger partial charge >= 0.3 is 24.1 Å². The second-order valence-corrected chi connectivity index (χ2v) is 6.92. The van der Waals surface area contributed by atoms with Gasteiger partial charge in [-0.25, -0.2) is 19.5 Å². The van der Waals surface area contributed by atoms with Crippen molar-refractivity contribution in [2.75, 3.05) is 4.90 Å². The molecule has 1 aliphatic rings. The van der Waals surface area contributed by atoms with Gasteiger partial charge in [-0.05, 0) is 29.3 Å². The summed E-state index contributed by atoms with van der Waals surface area (Å²) in [4.78, 5) is 29.1. The summed E-state index contributed by atoms with van der Waals surface area (Å²) in [6.07, 6.45) is -9.62. The van der Waals surface area contributed by atoms with Crippen molar-refractivity contribution in [3.8, 4) is 0 Å². The predicted octanol–water partition coefficient (Wildman–Crippen LogP) is 4.36. The second-order valence-electron chi connectivity index (χ2n) is 6.92. The number of imide groups is 1. The highest BCUT2D eigenvalue weighted by molar-refractivity contribution is 6.14. The Bertz CT molecular complexity index is 1010. The van der Waals surface area contributed by atoms with Gasteiger partial charge < -0.3 is 0 Å². The molecule has 3 rings (SSSR count). The average molecular weight is 464 g/mol. The molecule has 172 valence electrons. The summed E-state index contributed by atoms with van der Waals surface area (Å²) in [7, 11) is 0. The summed E-state index contributed by atoms with van der Waals surface area (Å²) in [6, 6.07) is 3.66. The number of hydrogen-bond donors (Lipinski definition) is 1. The van der Waals surface area contributed by atoms with Gasteiger partial charge in [0.15, 0.2) is 0 Å². The number of pyridine rings is 1. The van der Waals surface area contributed by atoms with E-state index in [1.165, 1.54) is 12.4 Å². The van der Waals surface area contributed by atoms with Gasteiger partial charge in [0.1, 0.15) is 0 Å². The highest BCUT2D eigenvalue weighted by atomic mass is 19.4. The van der Waals surface area contributed by atoms with Crippen LogP contribution in [0.1, 0.15) is 23.6 Å². The van der Waals surface area contributed by atoms with Gasteiger partial charge in [-0.15, -0.1) is 0 Å². The number of anilines is 1. The first-order chi connectivity index (χ1) is 14.8. The number of carbonyl (C=O) groups excluding carboxylic acids is 2.